The SMILES string of the molecule is CCCCCCCCC=CCCCCCCC(C(=O)O)C(=O)O. The van der Waals surface area contributed by atoms with Crippen LogP contribution >= 0.6 is 0 Å². The molecule has 0 fully saturated rings. The quantitative estimate of drug-likeness (QED) is 0.226. The predicted octanol–water partition coefficient (Wildman–Crippen LogP) is 5.42. The fourth-order valence-corrected chi connectivity index (χ4v) is 2.60. The molecular formula is C19H34O4. The Kier molecular flexibility index (Phi) is 14.7. The summed E-state index contributed by atoms with van der Waals surface area (Å²) in [5, 5.41) is 17.5. The molecule has 0 bridgehead atoms. The van der Waals surface area contributed by atoms with Crippen LogP contribution in [0.1, 0.15) is 90.4 Å². The number of carbonyl (C=O) groups is 2. The third-order valence-electron chi connectivity index (χ3n) is 4.10. The van der Waals surface area contributed by atoms with E-state index in [1.807, 2.05) is 0 Å². The summed E-state index contributed by atoms with van der Waals surface area (Å²) >= 11 is 0. The van der Waals surface area contributed by atoms with Gasteiger partial charge in [-0.1, -0.05) is 70.4 Å². The molecule has 0 radical (unpaired) electrons. The largest absolute Gasteiger partial charge is 0.481 e. The van der Waals surface area contributed by atoms with Gasteiger partial charge >= 0.3 is 11.9 Å². The molecule has 23 heavy (non-hydrogen) atoms. The standard InChI is InChI=1S/C19H34O4/c1-2-3-4-5-6-7-8-9-10-11-12-13-14-15-16-17(18(20)21)19(22)23/h9-10,17H,2-8,11-16H2,1H3,(H,20,21)(H,22,23). The third kappa shape index (κ3) is 14.0. The molecule has 0 aromatic heterocycles. The summed E-state index contributed by atoms with van der Waals surface area (Å²) in [6.45, 7) is 2.24. The number of aliphatic carboxylic acids is 2. The van der Waals surface area contributed by atoms with Crippen molar-refractivity contribution >= 4 is 11.9 Å². The number of rotatable bonds is 16. The minimum Gasteiger partial charge on any atom is -0.481 e. The molecule has 0 atom stereocenters. The van der Waals surface area contributed by atoms with Crippen molar-refractivity contribution in [3.8, 4) is 0 Å². The Labute approximate surface area is 141 Å². The molecule has 0 saturated carbocycles. The summed E-state index contributed by atoms with van der Waals surface area (Å²) in [7, 11) is 0. The molecule has 0 rings (SSSR count). The molecule has 4 heteroatoms. The number of allylic oxidation sites excluding steroid dienone is 2. The minimum atomic E-state index is -1.24. The number of unbranched alkanes of at least 4 members (excludes halogenated alkanes) is 10. The topological polar surface area (TPSA) is 74.6 Å². The van der Waals surface area contributed by atoms with Gasteiger partial charge in [0.05, 0.1) is 0 Å². The fraction of sp³-hybridized carbons (Fsp3) is 0.789. The third-order valence-corrected chi connectivity index (χ3v) is 4.10. The second kappa shape index (κ2) is 15.6. The Bertz CT molecular complexity index is 322. The highest BCUT2D eigenvalue weighted by atomic mass is 16.4. The molecule has 0 amide bonds. The zero-order chi connectivity index (χ0) is 17.3. The Hall–Kier alpha value is -1.32. The zero-order valence-electron chi connectivity index (χ0n) is 14.6. The molecule has 0 saturated heterocycles. The lowest BCUT2D eigenvalue weighted by molar-refractivity contribution is -0.154. The first-order chi connectivity index (χ1) is 11.1. The highest BCUT2D eigenvalue weighted by Crippen LogP contribution is 2.13. The smallest absolute Gasteiger partial charge is 0.317 e. The van der Waals surface area contributed by atoms with Crippen molar-refractivity contribution < 1.29 is 19.8 Å². The first-order valence-electron chi connectivity index (χ1n) is 9.20. The van der Waals surface area contributed by atoms with Gasteiger partial charge in [0.25, 0.3) is 0 Å². The van der Waals surface area contributed by atoms with Crippen LogP contribution in [0.4, 0.5) is 0 Å². The van der Waals surface area contributed by atoms with E-state index in [1.54, 1.807) is 0 Å². The van der Waals surface area contributed by atoms with E-state index in [1.165, 1.54) is 44.9 Å². The van der Waals surface area contributed by atoms with Gasteiger partial charge in [0, 0.05) is 0 Å². The van der Waals surface area contributed by atoms with Crippen molar-refractivity contribution in [2.45, 2.75) is 90.4 Å². The zero-order valence-corrected chi connectivity index (χ0v) is 14.6. The first-order valence-corrected chi connectivity index (χ1v) is 9.20. The fourth-order valence-electron chi connectivity index (χ4n) is 2.60. The van der Waals surface area contributed by atoms with E-state index in [2.05, 4.69) is 19.1 Å². The molecule has 2 N–H and O–H groups in total. The van der Waals surface area contributed by atoms with E-state index in [4.69, 9.17) is 10.2 Å². The number of carboxylic acid groups (broad SMARTS) is 2. The van der Waals surface area contributed by atoms with Crippen LogP contribution in [0.3, 0.4) is 0 Å². The molecule has 0 heterocycles. The lowest BCUT2D eigenvalue weighted by atomic mass is 10.0. The molecule has 0 aliphatic carbocycles. The van der Waals surface area contributed by atoms with Gasteiger partial charge in [0.2, 0.25) is 0 Å². The Morgan fingerprint density at radius 2 is 1.17 bits per heavy atom. The van der Waals surface area contributed by atoms with Crippen LogP contribution in [0.25, 0.3) is 0 Å². The van der Waals surface area contributed by atoms with Crippen molar-refractivity contribution in [2.75, 3.05) is 0 Å². The predicted molar refractivity (Wildman–Crippen MR) is 93.6 cm³/mol. The summed E-state index contributed by atoms with van der Waals surface area (Å²) in [6.07, 6.45) is 18.7. The van der Waals surface area contributed by atoms with Crippen LogP contribution in [-0.4, -0.2) is 22.2 Å². The lowest BCUT2D eigenvalue weighted by Crippen LogP contribution is -2.23. The van der Waals surface area contributed by atoms with Gasteiger partial charge in [-0.25, -0.2) is 0 Å². The summed E-state index contributed by atoms with van der Waals surface area (Å²) in [6, 6.07) is 0. The minimum absolute atomic E-state index is 0.235. The molecule has 0 aliphatic heterocycles. The van der Waals surface area contributed by atoms with Gasteiger partial charge in [-0.05, 0) is 32.1 Å². The Morgan fingerprint density at radius 3 is 1.65 bits per heavy atom. The van der Waals surface area contributed by atoms with E-state index >= 15 is 0 Å². The van der Waals surface area contributed by atoms with E-state index in [0.29, 0.717) is 6.42 Å². The van der Waals surface area contributed by atoms with Gasteiger partial charge in [0.15, 0.2) is 5.92 Å². The molecule has 4 nitrogen and oxygen atoms in total. The van der Waals surface area contributed by atoms with Crippen molar-refractivity contribution in [2.24, 2.45) is 5.92 Å². The van der Waals surface area contributed by atoms with Gasteiger partial charge in [-0.15, -0.1) is 0 Å². The van der Waals surface area contributed by atoms with E-state index in [-0.39, 0.29) is 6.42 Å². The first kappa shape index (κ1) is 21.7. The van der Waals surface area contributed by atoms with Crippen molar-refractivity contribution in [3.05, 3.63) is 12.2 Å². The molecule has 0 aromatic rings. The van der Waals surface area contributed by atoms with Crippen LogP contribution in [-0.2, 0) is 9.59 Å². The maximum absolute atomic E-state index is 10.7. The molecule has 0 spiro atoms. The highest BCUT2D eigenvalue weighted by Gasteiger charge is 2.24. The summed E-state index contributed by atoms with van der Waals surface area (Å²) in [4.78, 5) is 21.4. The number of hydrogen-bond donors (Lipinski definition) is 2. The molecule has 0 aliphatic rings. The van der Waals surface area contributed by atoms with Crippen LogP contribution in [0.2, 0.25) is 0 Å². The van der Waals surface area contributed by atoms with Crippen LogP contribution in [0.15, 0.2) is 12.2 Å². The van der Waals surface area contributed by atoms with Crippen molar-refractivity contribution in [3.63, 3.8) is 0 Å². The van der Waals surface area contributed by atoms with Gasteiger partial charge in [-0.2, -0.15) is 0 Å². The number of carboxylic acids is 2. The Morgan fingerprint density at radius 1 is 0.739 bits per heavy atom. The monoisotopic (exact) mass is 326 g/mol. The van der Waals surface area contributed by atoms with E-state index < -0.39 is 17.9 Å². The molecule has 0 aromatic carbocycles. The maximum Gasteiger partial charge on any atom is 0.317 e. The van der Waals surface area contributed by atoms with Crippen LogP contribution in [0, 0.1) is 5.92 Å². The van der Waals surface area contributed by atoms with E-state index in [0.717, 1.165) is 25.7 Å². The van der Waals surface area contributed by atoms with Gasteiger partial charge in [-0.3, -0.25) is 9.59 Å². The van der Waals surface area contributed by atoms with Gasteiger partial charge < -0.3 is 10.2 Å². The summed E-state index contributed by atoms with van der Waals surface area (Å²) in [5.41, 5.74) is 0. The van der Waals surface area contributed by atoms with Crippen LogP contribution in [0.5, 0.6) is 0 Å². The lowest BCUT2D eigenvalue weighted by Gasteiger charge is -2.06. The van der Waals surface area contributed by atoms with Gasteiger partial charge in [0.1, 0.15) is 0 Å². The second-order valence-corrected chi connectivity index (χ2v) is 6.25. The van der Waals surface area contributed by atoms with Crippen LogP contribution < -0.4 is 0 Å². The normalized spacial score (nSPS) is 11.4. The molecular weight excluding hydrogens is 292 g/mol. The second-order valence-electron chi connectivity index (χ2n) is 6.25. The average molecular weight is 326 g/mol. The summed E-state index contributed by atoms with van der Waals surface area (Å²) in [5.74, 6) is -3.70. The summed E-state index contributed by atoms with van der Waals surface area (Å²) < 4.78 is 0. The average Bonchev–Trinajstić information content (AvgIpc) is 2.50. The molecule has 0 unspecified atom stereocenters. The van der Waals surface area contributed by atoms with E-state index in [9.17, 15) is 9.59 Å². The maximum atomic E-state index is 10.7. The number of hydrogen-bond acceptors (Lipinski definition) is 2. The van der Waals surface area contributed by atoms with Crippen molar-refractivity contribution in [1.29, 1.82) is 0 Å². The Balaban J connectivity index is 3.37. The van der Waals surface area contributed by atoms with Crippen molar-refractivity contribution in [1.82, 2.24) is 0 Å². The highest BCUT2D eigenvalue weighted by molar-refractivity contribution is 5.92. The molecule has 134 valence electrons.